The van der Waals surface area contributed by atoms with E-state index in [1.807, 2.05) is 61.5 Å². The van der Waals surface area contributed by atoms with Crippen molar-refractivity contribution in [3.63, 3.8) is 0 Å². The monoisotopic (exact) mass is 701 g/mol. The maximum absolute atomic E-state index is 13.2. The smallest absolute Gasteiger partial charge is 0.346 e. The van der Waals surface area contributed by atoms with Crippen LogP contribution in [0.1, 0.15) is 55.2 Å². The van der Waals surface area contributed by atoms with Crippen molar-refractivity contribution in [3.8, 4) is 11.5 Å². The quantitative estimate of drug-likeness (QED) is 0.0617. The molecule has 0 aliphatic rings. The molecule has 0 bridgehead atoms. The molecule has 2 N–H and O–H groups in total. The van der Waals surface area contributed by atoms with Gasteiger partial charge in [-0.2, -0.15) is 4.73 Å². The number of benzene rings is 2. The molecule has 0 aliphatic heterocycles. The van der Waals surface area contributed by atoms with Gasteiger partial charge in [-0.1, -0.05) is 59.6 Å². The molecular weight excluding hydrogens is 665 g/mol. The number of rotatable bonds is 16. The Labute approximate surface area is 288 Å². The van der Waals surface area contributed by atoms with Gasteiger partial charge >= 0.3 is 11.9 Å². The van der Waals surface area contributed by atoms with Gasteiger partial charge in [0.2, 0.25) is 0 Å². The van der Waals surface area contributed by atoms with Crippen molar-refractivity contribution in [2.45, 2.75) is 31.3 Å². The van der Waals surface area contributed by atoms with E-state index in [-0.39, 0.29) is 34.5 Å². The Bertz CT molecular complexity index is 1660. The molecule has 0 amide bonds. The molecule has 0 saturated carbocycles. The van der Waals surface area contributed by atoms with Gasteiger partial charge in [0.1, 0.15) is 21.0 Å². The first-order valence-corrected chi connectivity index (χ1v) is 16.3. The Morgan fingerprint density at radius 1 is 1.00 bits per heavy atom. The largest absolute Gasteiger partial charge is 0.619 e. The Kier molecular flexibility index (Phi) is 12.9. The number of methoxy groups -OCH3 is 2. The molecule has 0 radical (unpaired) electrons. The second-order valence-electron chi connectivity index (χ2n) is 11.0. The molecule has 2 aromatic heterocycles. The van der Waals surface area contributed by atoms with E-state index in [1.54, 1.807) is 12.1 Å². The Balaban J connectivity index is 1.70. The average molecular weight is 703 g/mol. The molecule has 13 heteroatoms. The number of halogens is 2. The Morgan fingerprint density at radius 2 is 1.68 bits per heavy atom. The van der Waals surface area contributed by atoms with Crippen LogP contribution in [0.15, 0.2) is 67.0 Å². The van der Waals surface area contributed by atoms with Crippen LogP contribution in [0.2, 0.25) is 10.0 Å². The van der Waals surface area contributed by atoms with Crippen LogP contribution in [0.25, 0.3) is 0 Å². The lowest BCUT2D eigenvalue weighted by atomic mass is 9.85. The minimum Gasteiger partial charge on any atom is -0.619 e. The standard InChI is InChI=1S/C34H37Cl2N3O7S/c1-38(2)13-8-14-46-34(42)31(21-9-6-5-7-10-21)37-18-23-16-25(32(47-23)33(40)41)24(17-26-27(35)19-39(43)20-28(26)36)22-11-12-29(44-3)30(15-22)45-4/h5-7,9-12,15-16,19-20,24,31,37H,8,13-14,17-18H2,1-4H3,(H,40,41)/t24-,31?/m0/s1. The summed E-state index contributed by atoms with van der Waals surface area (Å²) in [6.07, 6.45) is 3.29. The Morgan fingerprint density at radius 3 is 2.30 bits per heavy atom. The van der Waals surface area contributed by atoms with Crippen LogP contribution in [0.3, 0.4) is 0 Å². The molecular formula is C34H37Cl2N3O7S. The number of carbonyl (C=O) groups excluding carboxylic acids is 1. The van der Waals surface area contributed by atoms with Gasteiger partial charge in [0, 0.05) is 29.4 Å². The lowest BCUT2D eigenvalue weighted by molar-refractivity contribution is -0.605. The molecule has 1 unspecified atom stereocenters. The number of esters is 1. The van der Waals surface area contributed by atoms with E-state index < -0.39 is 23.9 Å². The third-order valence-electron chi connectivity index (χ3n) is 7.50. The topological polar surface area (TPSA) is 124 Å². The molecule has 2 aromatic carbocycles. The first kappa shape index (κ1) is 36.0. The maximum Gasteiger partial charge on any atom is 0.346 e. The lowest BCUT2D eigenvalue weighted by Gasteiger charge is -2.21. The highest BCUT2D eigenvalue weighted by Crippen LogP contribution is 2.41. The number of carboxylic acids is 1. The summed E-state index contributed by atoms with van der Waals surface area (Å²) in [4.78, 5) is 28.7. The van der Waals surface area contributed by atoms with Gasteiger partial charge in [0.25, 0.3) is 0 Å². The van der Waals surface area contributed by atoms with E-state index >= 15 is 0 Å². The number of carbonyl (C=O) groups is 2. The number of aromatic nitrogens is 1. The zero-order valence-electron chi connectivity index (χ0n) is 26.5. The normalized spacial score (nSPS) is 12.5. The summed E-state index contributed by atoms with van der Waals surface area (Å²) in [5, 5.41) is 25.9. The summed E-state index contributed by atoms with van der Waals surface area (Å²) >= 11 is 14.1. The van der Waals surface area contributed by atoms with Gasteiger partial charge in [-0.3, -0.25) is 5.32 Å². The second-order valence-corrected chi connectivity index (χ2v) is 13.0. The number of nitrogens with one attached hydrogen (secondary N) is 1. The lowest BCUT2D eigenvalue weighted by Crippen LogP contribution is -2.30. The van der Waals surface area contributed by atoms with Crippen molar-refractivity contribution < 1.29 is 33.6 Å². The fourth-order valence-electron chi connectivity index (χ4n) is 5.20. The van der Waals surface area contributed by atoms with Gasteiger partial charge in [0.15, 0.2) is 23.9 Å². The van der Waals surface area contributed by atoms with E-state index in [4.69, 9.17) is 37.4 Å². The molecule has 0 fully saturated rings. The predicted octanol–water partition coefficient (Wildman–Crippen LogP) is 6.10. The van der Waals surface area contributed by atoms with Gasteiger partial charge < -0.3 is 29.4 Å². The molecule has 0 saturated heterocycles. The summed E-state index contributed by atoms with van der Waals surface area (Å²) in [5.74, 6) is -1.12. The van der Waals surface area contributed by atoms with Crippen LogP contribution >= 0.6 is 34.5 Å². The van der Waals surface area contributed by atoms with E-state index in [0.29, 0.717) is 38.7 Å². The first-order valence-electron chi connectivity index (χ1n) is 14.8. The van der Waals surface area contributed by atoms with E-state index in [0.717, 1.165) is 29.0 Å². The molecule has 0 spiro atoms. The second kappa shape index (κ2) is 16.8. The molecule has 250 valence electrons. The third kappa shape index (κ3) is 9.36. The van der Waals surface area contributed by atoms with Gasteiger partial charge in [0.05, 0.1) is 20.8 Å². The van der Waals surface area contributed by atoms with Crippen molar-refractivity contribution >= 4 is 46.5 Å². The summed E-state index contributed by atoms with van der Waals surface area (Å²) in [6.45, 7) is 1.25. The molecule has 47 heavy (non-hydrogen) atoms. The zero-order valence-corrected chi connectivity index (χ0v) is 28.8. The summed E-state index contributed by atoms with van der Waals surface area (Å²) in [6, 6.07) is 15.6. The highest BCUT2D eigenvalue weighted by atomic mass is 35.5. The predicted molar refractivity (Wildman–Crippen MR) is 182 cm³/mol. The van der Waals surface area contributed by atoms with Crippen molar-refractivity contribution in [2.24, 2.45) is 0 Å². The molecule has 2 atom stereocenters. The molecule has 10 nitrogen and oxygen atoms in total. The van der Waals surface area contributed by atoms with Crippen molar-refractivity contribution in [2.75, 3.05) is 41.5 Å². The van der Waals surface area contributed by atoms with E-state index in [9.17, 15) is 19.9 Å². The van der Waals surface area contributed by atoms with Crippen LogP contribution in [-0.2, 0) is 22.5 Å². The summed E-state index contributed by atoms with van der Waals surface area (Å²) in [5.41, 5.74) is 2.45. The van der Waals surface area contributed by atoms with Gasteiger partial charge in [-0.25, -0.2) is 9.59 Å². The van der Waals surface area contributed by atoms with E-state index in [1.165, 1.54) is 26.6 Å². The number of hydrogen-bond donors (Lipinski definition) is 2. The van der Waals surface area contributed by atoms with Crippen molar-refractivity contribution in [1.29, 1.82) is 0 Å². The van der Waals surface area contributed by atoms with Crippen LogP contribution in [0.4, 0.5) is 0 Å². The highest BCUT2D eigenvalue weighted by molar-refractivity contribution is 7.14. The molecule has 4 rings (SSSR count). The third-order valence-corrected chi connectivity index (χ3v) is 9.29. The number of carboxylic acid groups (broad SMARTS) is 1. The fraction of sp³-hybridized carbons (Fsp3) is 0.324. The summed E-state index contributed by atoms with van der Waals surface area (Å²) in [7, 11) is 6.95. The van der Waals surface area contributed by atoms with E-state index in [2.05, 4.69) is 5.32 Å². The average Bonchev–Trinajstić information content (AvgIpc) is 3.47. The zero-order chi connectivity index (χ0) is 34.1. The first-order chi connectivity index (χ1) is 22.5. The van der Waals surface area contributed by atoms with Crippen molar-refractivity contribution in [3.05, 3.63) is 114 Å². The van der Waals surface area contributed by atoms with Gasteiger partial charge in [-0.05, 0) is 61.8 Å². The number of aromatic carboxylic acids is 1. The van der Waals surface area contributed by atoms with Crippen LogP contribution in [0, 0.1) is 5.21 Å². The van der Waals surface area contributed by atoms with Crippen molar-refractivity contribution in [1.82, 2.24) is 10.2 Å². The number of thiophene rings is 1. The van der Waals surface area contributed by atoms with Crippen LogP contribution < -0.4 is 19.5 Å². The maximum atomic E-state index is 13.2. The number of hydrogen-bond acceptors (Lipinski definition) is 9. The Hall–Kier alpha value is -3.87. The molecule has 4 aromatic rings. The highest BCUT2D eigenvalue weighted by Gasteiger charge is 2.29. The minimum atomic E-state index is -1.11. The molecule has 2 heterocycles. The molecule has 0 aliphatic carbocycles. The fourth-order valence-corrected chi connectivity index (χ4v) is 6.81. The SMILES string of the molecule is COc1ccc([C@H](Cc2c(Cl)c[n+]([O-])cc2Cl)c2cc(CNC(C(=O)OCCCN(C)C)c3ccccc3)sc2C(=O)O)cc1OC. The number of nitrogens with zero attached hydrogens (tertiary/aromatic N) is 2. The van der Waals surface area contributed by atoms with Gasteiger partial charge in [-0.15, -0.1) is 11.3 Å². The number of ether oxygens (including phenoxy) is 3. The summed E-state index contributed by atoms with van der Waals surface area (Å²) < 4.78 is 17.1. The van der Waals surface area contributed by atoms with Crippen LogP contribution in [0.5, 0.6) is 11.5 Å². The van der Waals surface area contributed by atoms with Crippen LogP contribution in [-0.4, -0.2) is 63.4 Å². The minimum absolute atomic E-state index is 0.117. The number of pyridine rings is 1.